The number of hydrogen-bond donors (Lipinski definition) is 3. The van der Waals surface area contributed by atoms with Crippen LogP contribution in [0.2, 0.25) is 0 Å². The smallest absolute Gasteiger partial charge is 0.412 e. The van der Waals surface area contributed by atoms with Crippen molar-refractivity contribution in [2.75, 3.05) is 10.6 Å². The predicted molar refractivity (Wildman–Crippen MR) is 97.6 cm³/mol. The molecule has 0 spiro atoms. The van der Waals surface area contributed by atoms with Gasteiger partial charge in [-0.3, -0.25) is 10.1 Å². The highest BCUT2D eigenvalue weighted by Gasteiger charge is 2.18. The quantitative estimate of drug-likeness (QED) is 0.747. The van der Waals surface area contributed by atoms with Crippen LogP contribution in [0.25, 0.3) is 0 Å². The first kappa shape index (κ1) is 19.9. The van der Waals surface area contributed by atoms with Gasteiger partial charge in [-0.25, -0.2) is 14.0 Å². The largest absolute Gasteiger partial charge is 0.478 e. The standard InChI is InChI=1S/C19H19FN2O5/c1-19(2,3)27-18(26)22-15-10-13(20)8-9-14(15)21-16(23)11-4-6-12(7-5-11)17(24)25/h4-10H,1-3H3,(H,21,23)(H,22,26)(H,24,25). The van der Waals surface area contributed by atoms with Crippen LogP contribution in [0.4, 0.5) is 20.6 Å². The van der Waals surface area contributed by atoms with Gasteiger partial charge in [0.25, 0.3) is 5.91 Å². The molecule has 27 heavy (non-hydrogen) atoms. The maximum Gasteiger partial charge on any atom is 0.412 e. The van der Waals surface area contributed by atoms with Gasteiger partial charge in [0, 0.05) is 5.56 Å². The molecule has 0 saturated carbocycles. The SMILES string of the molecule is CC(C)(C)OC(=O)Nc1cc(F)ccc1NC(=O)c1ccc(C(=O)O)cc1. The Hall–Kier alpha value is -3.42. The zero-order chi connectivity index (χ0) is 20.2. The summed E-state index contributed by atoms with van der Waals surface area (Å²) < 4.78 is 18.7. The topological polar surface area (TPSA) is 105 Å². The van der Waals surface area contributed by atoms with Crippen molar-refractivity contribution in [1.29, 1.82) is 0 Å². The van der Waals surface area contributed by atoms with Crippen LogP contribution in [-0.2, 0) is 4.74 Å². The van der Waals surface area contributed by atoms with E-state index in [1.54, 1.807) is 20.8 Å². The Balaban J connectivity index is 2.19. The van der Waals surface area contributed by atoms with E-state index in [4.69, 9.17) is 9.84 Å². The first-order chi connectivity index (χ1) is 12.5. The second-order valence-electron chi connectivity index (χ2n) is 6.65. The van der Waals surface area contributed by atoms with E-state index in [9.17, 15) is 18.8 Å². The lowest BCUT2D eigenvalue weighted by molar-refractivity contribution is 0.0634. The molecule has 7 nitrogen and oxygen atoms in total. The molecule has 2 aromatic rings. The van der Waals surface area contributed by atoms with Gasteiger partial charge in [-0.15, -0.1) is 0 Å². The Morgan fingerprint density at radius 3 is 2.07 bits per heavy atom. The van der Waals surface area contributed by atoms with Gasteiger partial charge in [-0.1, -0.05) is 0 Å². The van der Waals surface area contributed by atoms with E-state index >= 15 is 0 Å². The molecule has 0 aliphatic rings. The molecule has 2 amide bonds. The summed E-state index contributed by atoms with van der Waals surface area (Å²) in [5, 5.41) is 13.8. The van der Waals surface area contributed by atoms with Gasteiger partial charge in [0.2, 0.25) is 0 Å². The van der Waals surface area contributed by atoms with Crippen molar-refractivity contribution in [3.8, 4) is 0 Å². The molecule has 0 radical (unpaired) electrons. The number of benzene rings is 2. The molecule has 0 aliphatic carbocycles. The Morgan fingerprint density at radius 1 is 0.926 bits per heavy atom. The zero-order valence-electron chi connectivity index (χ0n) is 15.0. The van der Waals surface area contributed by atoms with Crippen LogP contribution in [0, 0.1) is 5.82 Å². The van der Waals surface area contributed by atoms with Crippen molar-refractivity contribution in [1.82, 2.24) is 0 Å². The van der Waals surface area contributed by atoms with Crippen LogP contribution in [0.5, 0.6) is 0 Å². The Bertz CT molecular complexity index is 873. The number of carboxylic acids is 1. The molecule has 8 heteroatoms. The summed E-state index contributed by atoms with van der Waals surface area (Å²) in [7, 11) is 0. The van der Waals surface area contributed by atoms with E-state index in [1.807, 2.05) is 0 Å². The zero-order valence-corrected chi connectivity index (χ0v) is 15.0. The van der Waals surface area contributed by atoms with Crippen LogP contribution in [0.15, 0.2) is 42.5 Å². The van der Waals surface area contributed by atoms with Crippen LogP contribution < -0.4 is 10.6 Å². The summed E-state index contributed by atoms with van der Waals surface area (Å²) in [6.07, 6.45) is -0.797. The fourth-order valence-corrected chi connectivity index (χ4v) is 2.10. The molecule has 3 N–H and O–H groups in total. The molecule has 0 fully saturated rings. The van der Waals surface area contributed by atoms with E-state index in [0.717, 1.165) is 12.1 Å². The van der Waals surface area contributed by atoms with E-state index in [1.165, 1.54) is 30.3 Å². The molecular formula is C19H19FN2O5. The molecule has 0 atom stereocenters. The average molecular weight is 374 g/mol. The number of carbonyl (C=O) groups excluding carboxylic acids is 2. The third-order valence-corrected chi connectivity index (χ3v) is 3.26. The van der Waals surface area contributed by atoms with Gasteiger partial charge in [0.1, 0.15) is 11.4 Å². The molecule has 0 aliphatic heterocycles. The molecule has 0 aromatic heterocycles. The normalized spacial score (nSPS) is 10.8. The lowest BCUT2D eigenvalue weighted by Gasteiger charge is -2.20. The summed E-state index contributed by atoms with van der Waals surface area (Å²) in [6, 6.07) is 8.76. The van der Waals surface area contributed by atoms with Crippen molar-refractivity contribution in [3.05, 3.63) is 59.4 Å². The van der Waals surface area contributed by atoms with Crippen molar-refractivity contribution >= 4 is 29.3 Å². The number of hydrogen-bond acceptors (Lipinski definition) is 4. The fourth-order valence-electron chi connectivity index (χ4n) is 2.10. The monoisotopic (exact) mass is 374 g/mol. The van der Waals surface area contributed by atoms with Gasteiger partial charge >= 0.3 is 12.1 Å². The molecular weight excluding hydrogens is 355 g/mol. The molecule has 2 rings (SSSR count). The molecule has 0 unspecified atom stereocenters. The minimum absolute atomic E-state index is 0.0276. The second-order valence-corrected chi connectivity index (χ2v) is 6.65. The number of halogens is 1. The number of carbonyl (C=O) groups is 3. The Morgan fingerprint density at radius 2 is 1.52 bits per heavy atom. The maximum absolute atomic E-state index is 13.6. The van der Waals surface area contributed by atoms with Crippen LogP contribution >= 0.6 is 0 Å². The van der Waals surface area contributed by atoms with Crippen LogP contribution in [0.3, 0.4) is 0 Å². The van der Waals surface area contributed by atoms with Crippen LogP contribution in [0.1, 0.15) is 41.5 Å². The minimum Gasteiger partial charge on any atom is -0.478 e. The number of ether oxygens (including phenoxy) is 1. The average Bonchev–Trinajstić information content (AvgIpc) is 2.55. The van der Waals surface area contributed by atoms with Gasteiger partial charge in [-0.2, -0.15) is 0 Å². The first-order valence-corrected chi connectivity index (χ1v) is 7.99. The third-order valence-electron chi connectivity index (χ3n) is 3.26. The number of carboxylic acid groups (broad SMARTS) is 1. The fraction of sp³-hybridized carbons (Fsp3) is 0.211. The van der Waals surface area contributed by atoms with Crippen molar-refractivity contribution in [3.63, 3.8) is 0 Å². The second kappa shape index (κ2) is 7.86. The van der Waals surface area contributed by atoms with Crippen molar-refractivity contribution in [2.24, 2.45) is 0 Å². The first-order valence-electron chi connectivity index (χ1n) is 7.99. The minimum atomic E-state index is -1.11. The summed E-state index contributed by atoms with van der Waals surface area (Å²) in [6.45, 7) is 5.05. The van der Waals surface area contributed by atoms with Crippen molar-refractivity contribution in [2.45, 2.75) is 26.4 Å². The van der Waals surface area contributed by atoms with Gasteiger partial charge in [0.05, 0.1) is 16.9 Å². The number of rotatable bonds is 4. The molecule has 142 valence electrons. The number of aromatic carboxylic acids is 1. The maximum atomic E-state index is 13.6. The lowest BCUT2D eigenvalue weighted by atomic mass is 10.1. The molecule has 0 bridgehead atoms. The van der Waals surface area contributed by atoms with E-state index in [0.29, 0.717) is 0 Å². The molecule has 2 aromatic carbocycles. The van der Waals surface area contributed by atoms with Crippen molar-refractivity contribution < 1.29 is 28.6 Å². The van der Waals surface area contributed by atoms with Crippen LogP contribution in [-0.4, -0.2) is 28.7 Å². The highest BCUT2D eigenvalue weighted by molar-refractivity contribution is 6.07. The number of amides is 2. The Kier molecular flexibility index (Phi) is 5.79. The van der Waals surface area contributed by atoms with Gasteiger partial charge < -0.3 is 15.2 Å². The van der Waals surface area contributed by atoms with E-state index < -0.39 is 29.4 Å². The molecule has 0 heterocycles. The summed E-state index contributed by atoms with van der Waals surface area (Å²) in [5.41, 5.74) is -0.310. The van der Waals surface area contributed by atoms with Gasteiger partial charge in [0.15, 0.2) is 0 Å². The lowest BCUT2D eigenvalue weighted by Crippen LogP contribution is -2.27. The highest BCUT2D eigenvalue weighted by Crippen LogP contribution is 2.24. The summed E-state index contributed by atoms with van der Waals surface area (Å²) in [5.74, 6) is -2.26. The highest BCUT2D eigenvalue weighted by atomic mass is 19.1. The van der Waals surface area contributed by atoms with E-state index in [2.05, 4.69) is 10.6 Å². The summed E-state index contributed by atoms with van der Waals surface area (Å²) >= 11 is 0. The number of anilines is 2. The third kappa shape index (κ3) is 5.81. The number of nitrogens with one attached hydrogen (secondary N) is 2. The Labute approximate surface area is 155 Å². The summed E-state index contributed by atoms with van der Waals surface area (Å²) in [4.78, 5) is 35.1. The van der Waals surface area contributed by atoms with E-state index in [-0.39, 0.29) is 22.5 Å². The van der Waals surface area contributed by atoms with Gasteiger partial charge in [-0.05, 0) is 63.2 Å². The predicted octanol–water partition coefficient (Wildman–Crippen LogP) is 4.12. The molecule has 0 saturated heterocycles.